The van der Waals surface area contributed by atoms with Gasteiger partial charge in [0.25, 0.3) is 0 Å². The molecule has 40 heavy (non-hydrogen) atoms. The van der Waals surface area contributed by atoms with Crippen molar-refractivity contribution in [2.75, 3.05) is 24.3 Å². The summed E-state index contributed by atoms with van der Waals surface area (Å²) in [6, 6.07) is 13.1. The number of pyridine rings is 1. The number of rotatable bonds is 6. The maximum Gasteiger partial charge on any atom is 0.417 e. The Morgan fingerprint density at radius 2 is 1.77 bits per heavy atom. The molecule has 11 heteroatoms. The first-order chi connectivity index (χ1) is 19.0. The number of urea groups is 1. The van der Waals surface area contributed by atoms with Crippen molar-refractivity contribution in [1.82, 2.24) is 10.3 Å². The van der Waals surface area contributed by atoms with Gasteiger partial charge in [-0.3, -0.25) is 4.90 Å². The molecule has 7 nitrogen and oxygen atoms in total. The highest BCUT2D eigenvalue weighted by molar-refractivity contribution is 7.91. The number of hydrogen-bond acceptors (Lipinski definition) is 5. The molecule has 5 rings (SSSR count). The third kappa shape index (κ3) is 5.14. The first kappa shape index (κ1) is 27.9. The Kier molecular flexibility index (Phi) is 7.28. The van der Waals surface area contributed by atoms with E-state index in [-0.39, 0.29) is 40.2 Å². The first-order valence-electron chi connectivity index (χ1n) is 13.1. The van der Waals surface area contributed by atoms with Crippen molar-refractivity contribution in [3.63, 3.8) is 0 Å². The molecule has 1 fully saturated rings. The Morgan fingerprint density at radius 1 is 1.07 bits per heavy atom. The summed E-state index contributed by atoms with van der Waals surface area (Å²) in [5.74, 6) is 0.110. The van der Waals surface area contributed by atoms with Crippen LogP contribution >= 0.6 is 0 Å². The van der Waals surface area contributed by atoms with Gasteiger partial charge >= 0.3 is 12.2 Å². The molecule has 0 atom stereocenters. The van der Waals surface area contributed by atoms with Crippen LogP contribution in [0.2, 0.25) is 0 Å². The summed E-state index contributed by atoms with van der Waals surface area (Å²) in [6.45, 7) is 2.17. The number of benzene rings is 2. The second-order valence-corrected chi connectivity index (χ2v) is 12.5. The summed E-state index contributed by atoms with van der Waals surface area (Å²) in [4.78, 5) is 19.9. The summed E-state index contributed by atoms with van der Waals surface area (Å²) in [5, 5.41) is 2.90. The van der Waals surface area contributed by atoms with Crippen LogP contribution in [0.15, 0.2) is 59.5 Å². The number of hydrogen-bond donors (Lipinski definition) is 1. The van der Waals surface area contributed by atoms with Gasteiger partial charge in [0.15, 0.2) is 9.84 Å². The van der Waals surface area contributed by atoms with Gasteiger partial charge in [-0.25, -0.2) is 18.2 Å². The van der Waals surface area contributed by atoms with Crippen molar-refractivity contribution >= 4 is 21.6 Å². The Morgan fingerprint density at radius 3 is 2.40 bits per heavy atom. The quantitative estimate of drug-likeness (QED) is 0.384. The van der Waals surface area contributed by atoms with E-state index in [2.05, 4.69) is 5.32 Å². The molecule has 2 heterocycles. The fourth-order valence-electron chi connectivity index (χ4n) is 5.66. The van der Waals surface area contributed by atoms with Crippen LogP contribution in [0.3, 0.4) is 0 Å². The molecule has 1 N–H and O–H groups in total. The Labute approximate surface area is 231 Å². The van der Waals surface area contributed by atoms with Crippen LogP contribution in [0.4, 0.5) is 23.7 Å². The molecule has 1 aliphatic carbocycles. The number of methoxy groups -OCH3 is 1. The zero-order valence-corrected chi connectivity index (χ0v) is 23.0. The first-order valence-corrected chi connectivity index (χ1v) is 14.8. The minimum atomic E-state index is -4.60. The number of halogens is 3. The van der Waals surface area contributed by atoms with Crippen molar-refractivity contribution < 1.29 is 31.1 Å². The number of sulfone groups is 1. The standard InChI is InChI=1S/C29H30F3N3O4S/c1-3-40(37,38)21-9-6-19(7-10-21)17-33-27(36)35-18-28(14-4-5-15-28)26-25(35)13-12-24(34-26)22-11-8-20(39-2)16-23(22)29(30,31)32/h6-13,16H,3-5,14-15,17-18H2,1-2H3,(H,33,36). The summed E-state index contributed by atoms with van der Waals surface area (Å²) in [7, 11) is -2.00. The molecule has 1 spiro atoms. The number of carbonyl (C=O) groups is 1. The minimum absolute atomic E-state index is 0.00489. The van der Waals surface area contributed by atoms with Crippen molar-refractivity contribution in [1.29, 1.82) is 0 Å². The number of nitrogens with one attached hydrogen (secondary N) is 1. The average molecular weight is 574 g/mol. The minimum Gasteiger partial charge on any atom is -0.497 e. The molecule has 1 saturated carbocycles. The number of alkyl halides is 3. The van der Waals surface area contributed by atoms with E-state index in [9.17, 15) is 26.4 Å². The lowest BCUT2D eigenvalue weighted by atomic mass is 9.84. The summed E-state index contributed by atoms with van der Waals surface area (Å²) in [5.41, 5.74) is 0.899. The van der Waals surface area contributed by atoms with E-state index < -0.39 is 27.0 Å². The zero-order chi connectivity index (χ0) is 28.7. The van der Waals surface area contributed by atoms with Gasteiger partial charge in [-0.15, -0.1) is 0 Å². The van der Waals surface area contributed by atoms with E-state index in [1.54, 1.807) is 30.0 Å². The molecular formula is C29H30F3N3O4S. The van der Waals surface area contributed by atoms with Gasteiger partial charge in [0.1, 0.15) is 5.75 Å². The summed E-state index contributed by atoms with van der Waals surface area (Å²) >= 11 is 0. The third-order valence-corrected chi connectivity index (χ3v) is 9.60. The molecule has 0 saturated heterocycles. The largest absolute Gasteiger partial charge is 0.497 e. The summed E-state index contributed by atoms with van der Waals surface area (Å²) in [6.07, 6.45) is -1.11. The van der Waals surface area contributed by atoms with Gasteiger partial charge in [-0.05, 0) is 60.9 Å². The maximum absolute atomic E-state index is 13.9. The lowest BCUT2D eigenvalue weighted by Gasteiger charge is -2.24. The Balaban J connectivity index is 1.43. The maximum atomic E-state index is 13.9. The number of aromatic nitrogens is 1. The van der Waals surface area contributed by atoms with Gasteiger partial charge in [0.2, 0.25) is 0 Å². The van der Waals surface area contributed by atoms with Crippen molar-refractivity contribution in [2.24, 2.45) is 0 Å². The molecular weight excluding hydrogens is 543 g/mol. The van der Waals surface area contributed by atoms with Gasteiger partial charge in [-0.2, -0.15) is 13.2 Å². The number of nitrogens with zero attached hydrogens (tertiary/aromatic N) is 2. The summed E-state index contributed by atoms with van der Waals surface area (Å²) < 4.78 is 70.9. The van der Waals surface area contributed by atoms with E-state index in [4.69, 9.17) is 9.72 Å². The van der Waals surface area contributed by atoms with Gasteiger partial charge in [0, 0.05) is 24.1 Å². The molecule has 1 aromatic heterocycles. The van der Waals surface area contributed by atoms with Crippen LogP contribution in [0.5, 0.6) is 5.75 Å². The van der Waals surface area contributed by atoms with Crippen LogP contribution in [0.25, 0.3) is 11.3 Å². The molecule has 0 bridgehead atoms. The number of ether oxygens (including phenoxy) is 1. The normalized spacial score (nSPS) is 16.3. The molecule has 3 aromatic rings. The SMILES string of the molecule is CCS(=O)(=O)c1ccc(CNC(=O)N2CC3(CCCC3)c3nc(-c4ccc(OC)cc4C(F)(F)F)ccc32)cc1. The van der Waals surface area contributed by atoms with E-state index >= 15 is 0 Å². The smallest absolute Gasteiger partial charge is 0.417 e. The second-order valence-electron chi connectivity index (χ2n) is 10.3. The van der Waals surface area contributed by atoms with E-state index in [0.29, 0.717) is 17.9 Å². The highest BCUT2D eigenvalue weighted by Gasteiger charge is 2.48. The lowest BCUT2D eigenvalue weighted by Crippen LogP contribution is -2.41. The highest BCUT2D eigenvalue weighted by atomic mass is 32.2. The Hall–Kier alpha value is -3.60. The fraction of sp³-hybridized carbons (Fsp3) is 0.379. The number of anilines is 1. The topological polar surface area (TPSA) is 88.6 Å². The lowest BCUT2D eigenvalue weighted by molar-refractivity contribution is -0.137. The molecule has 0 unspecified atom stereocenters. The van der Waals surface area contributed by atoms with Crippen molar-refractivity contribution in [2.45, 2.75) is 55.6 Å². The third-order valence-electron chi connectivity index (χ3n) is 7.85. The second kappa shape index (κ2) is 10.4. The van der Waals surface area contributed by atoms with Crippen LogP contribution in [0, 0.1) is 0 Å². The van der Waals surface area contributed by atoms with Crippen molar-refractivity contribution in [3.8, 4) is 17.0 Å². The average Bonchev–Trinajstić information content (AvgIpc) is 3.56. The molecule has 2 amide bonds. The molecule has 212 valence electrons. The molecule has 2 aliphatic rings. The molecule has 1 aliphatic heterocycles. The fourth-order valence-corrected chi connectivity index (χ4v) is 6.55. The van der Waals surface area contributed by atoms with Crippen LogP contribution < -0.4 is 15.0 Å². The van der Waals surface area contributed by atoms with Crippen molar-refractivity contribution in [3.05, 3.63) is 71.4 Å². The predicted octanol–water partition coefficient (Wildman–Crippen LogP) is 6.11. The monoisotopic (exact) mass is 573 g/mol. The number of amides is 2. The molecule has 2 aromatic carbocycles. The highest BCUT2D eigenvalue weighted by Crippen LogP contribution is 2.50. The molecule has 0 radical (unpaired) electrons. The predicted molar refractivity (Wildman–Crippen MR) is 145 cm³/mol. The van der Waals surface area contributed by atoms with E-state index in [1.165, 1.54) is 37.4 Å². The number of carbonyl (C=O) groups excluding carboxylic acids is 1. The van der Waals surface area contributed by atoms with E-state index in [0.717, 1.165) is 37.3 Å². The number of fused-ring (bicyclic) bond motifs is 2. The van der Waals surface area contributed by atoms with E-state index in [1.807, 2.05) is 0 Å². The zero-order valence-electron chi connectivity index (χ0n) is 22.2. The van der Waals surface area contributed by atoms with Gasteiger partial charge in [-0.1, -0.05) is 31.9 Å². The van der Waals surface area contributed by atoms with Crippen LogP contribution in [0.1, 0.15) is 49.4 Å². The Bertz CT molecular complexity index is 1530. The van der Waals surface area contributed by atoms with Gasteiger partial charge in [0.05, 0.1) is 40.4 Å². The van der Waals surface area contributed by atoms with Crippen LogP contribution in [-0.2, 0) is 28.0 Å². The van der Waals surface area contributed by atoms with Crippen LogP contribution in [-0.4, -0.2) is 38.8 Å². The van der Waals surface area contributed by atoms with Gasteiger partial charge < -0.3 is 10.1 Å².